The molecule has 1 rings (SSSR count). The number of ether oxygens (including phenoxy) is 1. The van der Waals surface area contributed by atoms with Crippen molar-refractivity contribution in [2.75, 3.05) is 13.2 Å². The molecule has 1 atom stereocenters. The summed E-state index contributed by atoms with van der Waals surface area (Å²) in [5.41, 5.74) is 1.04. The third kappa shape index (κ3) is 6.06. The first-order valence-electron chi connectivity index (χ1n) is 7.36. The van der Waals surface area contributed by atoms with Gasteiger partial charge in [0.15, 0.2) is 6.61 Å². The Morgan fingerprint density at radius 1 is 1.33 bits per heavy atom. The van der Waals surface area contributed by atoms with E-state index in [4.69, 9.17) is 4.74 Å². The maximum Gasteiger partial charge on any atom is 0.258 e. The van der Waals surface area contributed by atoms with Gasteiger partial charge in [0.25, 0.3) is 5.91 Å². The van der Waals surface area contributed by atoms with Gasteiger partial charge >= 0.3 is 0 Å². The lowest BCUT2D eigenvalue weighted by Crippen LogP contribution is -2.39. The van der Waals surface area contributed by atoms with Crippen LogP contribution in [0.5, 0.6) is 5.75 Å². The third-order valence-electron chi connectivity index (χ3n) is 3.35. The van der Waals surface area contributed by atoms with Crippen molar-refractivity contribution in [3.8, 4) is 5.75 Å². The van der Waals surface area contributed by atoms with Crippen molar-refractivity contribution in [1.82, 2.24) is 10.6 Å². The number of nitrogens with one attached hydrogen (secondary N) is 2. The predicted molar refractivity (Wildman–Crippen MR) is 89.5 cm³/mol. The molecule has 5 heteroatoms. The van der Waals surface area contributed by atoms with Gasteiger partial charge in [0.2, 0.25) is 0 Å². The summed E-state index contributed by atoms with van der Waals surface area (Å²) in [6, 6.07) is 6.02. The van der Waals surface area contributed by atoms with Crippen LogP contribution >= 0.6 is 15.9 Å². The molecule has 118 valence electrons. The molecule has 1 unspecified atom stereocenters. The quantitative estimate of drug-likeness (QED) is 0.752. The molecule has 2 N–H and O–H groups in total. The zero-order valence-electron chi connectivity index (χ0n) is 13.2. The van der Waals surface area contributed by atoms with Gasteiger partial charge in [-0.2, -0.15) is 0 Å². The molecule has 4 nitrogen and oxygen atoms in total. The van der Waals surface area contributed by atoms with E-state index in [1.54, 1.807) is 0 Å². The van der Waals surface area contributed by atoms with Crippen LogP contribution in [0, 0.1) is 5.92 Å². The van der Waals surface area contributed by atoms with Gasteiger partial charge in [-0.3, -0.25) is 4.79 Å². The summed E-state index contributed by atoms with van der Waals surface area (Å²) in [7, 11) is 0. The summed E-state index contributed by atoms with van der Waals surface area (Å²) < 4.78 is 6.57. The zero-order valence-corrected chi connectivity index (χ0v) is 14.8. The highest BCUT2D eigenvalue weighted by atomic mass is 79.9. The highest BCUT2D eigenvalue weighted by Crippen LogP contribution is 2.29. The lowest BCUT2D eigenvalue weighted by atomic mass is 10.1. The van der Waals surface area contributed by atoms with Crippen LogP contribution in [0.2, 0.25) is 0 Å². The molecular weight excluding hydrogens is 332 g/mol. The van der Waals surface area contributed by atoms with E-state index in [-0.39, 0.29) is 18.6 Å². The fraction of sp³-hybridized carbons (Fsp3) is 0.562. The summed E-state index contributed by atoms with van der Waals surface area (Å²) in [6.07, 6.45) is 0. The Hall–Kier alpha value is -1.07. The Morgan fingerprint density at radius 2 is 2.05 bits per heavy atom. The first kappa shape index (κ1) is 18.0. The molecular formula is C16H25BrN2O2. The monoisotopic (exact) mass is 356 g/mol. The molecule has 0 bridgehead atoms. The van der Waals surface area contributed by atoms with Gasteiger partial charge in [0, 0.05) is 18.2 Å². The fourth-order valence-electron chi connectivity index (χ4n) is 1.71. The first-order valence-corrected chi connectivity index (χ1v) is 8.15. The van der Waals surface area contributed by atoms with E-state index in [2.05, 4.69) is 47.3 Å². The molecule has 0 heterocycles. The Balaban J connectivity index is 2.63. The van der Waals surface area contributed by atoms with Gasteiger partial charge in [0.1, 0.15) is 5.75 Å². The van der Waals surface area contributed by atoms with E-state index in [9.17, 15) is 4.79 Å². The number of para-hydroxylation sites is 1. The van der Waals surface area contributed by atoms with Gasteiger partial charge in [-0.1, -0.05) is 32.9 Å². The van der Waals surface area contributed by atoms with E-state index < -0.39 is 0 Å². The number of amides is 1. The number of carbonyl (C=O) groups is 1. The maximum absolute atomic E-state index is 11.9. The van der Waals surface area contributed by atoms with E-state index >= 15 is 0 Å². The van der Waals surface area contributed by atoms with Gasteiger partial charge in [-0.15, -0.1) is 0 Å². The summed E-state index contributed by atoms with van der Waals surface area (Å²) >= 11 is 3.48. The van der Waals surface area contributed by atoms with Gasteiger partial charge in [-0.25, -0.2) is 0 Å². The fourth-order valence-corrected chi connectivity index (χ4v) is 2.24. The highest BCUT2D eigenvalue weighted by molar-refractivity contribution is 9.10. The van der Waals surface area contributed by atoms with E-state index in [0.29, 0.717) is 5.92 Å². The number of hydrogen-bond donors (Lipinski definition) is 2. The standard InChI is InChI=1S/C16H25BrN2O2/c1-5-18-9-13-7-6-8-14(17)16(13)21-10-15(20)19-12(4)11(2)3/h6-8,11-12,18H,5,9-10H2,1-4H3,(H,19,20). The average molecular weight is 357 g/mol. The minimum Gasteiger partial charge on any atom is -0.482 e. The highest BCUT2D eigenvalue weighted by Gasteiger charge is 2.13. The Bertz CT molecular complexity index is 464. The Labute approximate surface area is 135 Å². The van der Waals surface area contributed by atoms with Crippen LogP contribution in [-0.4, -0.2) is 25.1 Å². The van der Waals surface area contributed by atoms with Crippen molar-refractivity contribution in [2.24, 2.45) is 5.92 Å². The lowest BCUT2D eigenvalue weighted by Gasteiger charge is -2.18. The van der Waals surface area contributed by atoms with Crippen molar-refractivity contribution in [3.05, 3.63) is 28.2 Å². The summed E-state index contributed by atoms with van der Waals surface area (Å²) in [5, 5.41) is 6.20. The molecule has 0 aliphatic heterocycles. The third-order valence-corrected chi connectivity index (χ3v) is 3.97. The van der Waals surface area contributed by atoms with E-state index in [1.165, 1.54) is 0 Å². The maximum atomic E-state index is 11.9. The second-order valence-corrected chi connectivity index (χ2v) is 6.25. The van der Waals surface area contributed by atoms with E-state index in [1.807, 2.05) is 25.1 Å². The topological polar surface area (TPSA) is 50.4 Å². The summed E-state index contributed by atoms with van der Waals surface area (Å²) in [4.78, 5) is 11.9. The second kappa shape index (κ2) is 9.05. The minimum atomic E-state index is -0.0960. The SMILES string of the molecule is CCNCc1cccc(Br)c1OCC(=O)NC(C)C(C)C. The molecule has 0 aliphatic rings. The molecule has 0 saturated heterocycles. The normalized spacial score (nSPS) is 12.3. The number of hydrogen-bond acceptors (Lipinski definition) is 3. The number of rotatable bonds is 8. The van der Waals surface area contributed by atoms with Crippen molar-refractivity contribution in [1.29, 1.82) is 0 Å². The van der Waals surface area contributed by atoms with Crippen LogP contribution in [0.15, 0.2) is 22.7 Å². The number of benzene rings is 1. The first-order chi connectivity index (χ1) is 9.95. The van der Waals surface area contributed by atoms with Crippen molar-refractivity contribution in [2.45, 2.75) is 40.3 Å². The molecule has 0 fully saturated rings. The van der Waals surface area contributed by atoms with Crippen LogP contribution < -0.4 is 15.4 Å². The molecule has 1 amide bonds. The molecule has 0 spiro atoms. The zero-order chi connectivity index (χ0) is 15.8. The predicted octanol–water partition coefficient (Wildman–Crippen LogP) is 3.10. The van der Waals surface area contributed by atoms with Crippen LogP contribution in [0.1, 0.15) is 33.3 Å². The minimum absolute atomic E-state index is 0.0266. The molecule has 1 aromatic rings. The Morgan fingerprint density at radius 3 is 2.67 bits per heavy atom. The van der Waals surface area contributed by atoms with Crippen LogP contribution in [0.3, 0.4) is 0 Å². The van der Waals surface area contributed by atoms with Gasteiger partial charge < -0.3 is 15.4 Å². The smallest absolute Gasteiger partial charge is 0.258 e. The van der Waals surface area contributed by atoms with Gasteiger partial charge in [-0.05, 0) is 41.4 Å². The van der Waals surface area contributed by atoms with Crippen molar-refractivity contribution >= 4 is 21.8 Å². The average Bonchev–Trinajstić information content (AvgIpc) is 2.43. The van der Waals surface area contributed by atoms with Crippen molar-refractivity contribution in [3.63, 3.8) is 0 Å². The number of halogens is 1. The van der Waals surface area contributed by atoms with E-state index in [0.717, 1.165) is 28.9 Å². The van der Waals surface area contributed by atoms with Crippen LogP contribution in [0.25, 0.3) is 0 Å². The molecule has 0 aromatic heterocycles. The lowest BCUT2D eigenvalue weighted by molar-refractivity contribution is -0.124. The molecule has 0 aliphatic carbocycles. The van der Waals surface area contributed by atoms with Gasteiger partial charge in [0.05, 0.1) is 4.47 Å². The molecule has 1 aromatic carbocycles. The number of carbonyl (C=O) groups excluding carboxylic acids is 1. The van der Waals surface area contributed by atoms with Crippen molar-refractivity contribution < 1.29 is 9.53 Å². The summed E-state index contributed by atoms with van der Waals surface area (Å²) in [6.45, 7) is 9.84. The largest absolute Gasteiger partial charge is 0.482 e. The van der Waals surface area contributed by atoms with Crippen LogP contribution in [-0.2, 0) is 11.3 Å². The molecule has 21 heavy (non-hydrogen) atoms. The molecule has 0 saturated carbocycles. The molecule has 0 radical (unpaired) electrons. The van der Waals surface area contributed by atoms with Crippen LogP contribution in [0.4, 0.5) is 0 Å². The Kier molecular flexibility index (Phi) is 7.75. The summed E-state index contributed by atoms with van der Waals surface area (Å²) in [5.74, 6) is 1.04. The second-order valence-electron chi connectivity index (χ2n) is 5.40.